The molecule has 0 saturated heterocycles. The molecule has 33 heavy (non-hydrogen) atoms. The van der Waals surface area contributed by atoms with Gasteiger partial charge in [0.25, 0.3) is 10.0 Å². The summed E-state index contributed by atoms with van der Waals surface area (Å²) in [6.45, 7) is 4.02. The van der Waals surface area contributed by atoms with Crippen molar-refractivity contribution in [2.75, 3.05) is 10.7 Å². The van der Waals surface area contributed by atoms with Crippen molar-refractivity contribution in [2.45, 2.75) is 38.1 Å². The van der Waals surface area contributed by atoms with Crippen LogP contribution in [0.2, 0.25) is 5.22 Å². The van der Waals surface area contributed by atoms with E-state index in [1.54, 1.807) is 30.3 Å². The summed E-state index contributed by atoms with van der Waals surface area (Å²) in [6, 6.07) is 14.2. The van der Waals surface area contributed by atoms with Crippen LogP contribution < -0.4 is 14.8 Å². The molecule has 1 unspecified atom stereocenters. The summed E-state index contributed by atoms with van der Waals surface area (Å²) in [5.41, 5.74) is 3.55. The van der Waals surface area contributed by atoms with Gasteiger partial charge in [-0.15, -0.1) is 0 Å². The van der Waals surface area contributed by atoms with Crippen molar-refractivity contribution in [1.29, 1.82) is 0 Å². The molecule has 1 amide bonds. The van der Waals surface area contributed by atoms with Gasteiger partial charge in [-0.25, -0.2) is 8.42 Å². The molecular weight excluding hydrogens is 464 g/mol. The van der Waals surface area contributed by atoms with Crippen molar-refractivity contribution >= 4 is 33.2 Å². The van der Waals surface area contributed by atoms with Gasteiger partial charge in [0, 0.05) is 0 Å². The molecule has 2 aliphatic rings. The van der Waals surface area contributed by atoms with E-state index in [0.29, 0.717) is 30.0 Å². The Balaban J connectivity index is 1.46. The Morgan fingerprint density at radius 2 is 1.91 bits per heavy atom. The molecule has 1 aliphatic carbocycles. The van der Waals surface area contributed by atoms with Crippen LogP contribution in [0.15, 0.2) is 52.9 Å². The quantitative estimate of drug-likeness (QED) is 0.550. The number of rotatable bonds is 5. The maximum absolute atomic E-state index is 13.6. The smallest absolute Gasteiger partial charge is 0.268 e. The highest BCUT2D eigenvalue weighted by molar-refractivity contribution is 7.92. The molecule has 5 rings (SSSR count). The highest BCUT2D eigenvalue weighted by atomic mass is 35.5. The normalized spacial score (nSPS) is 18.4. The third-order valence-corrected chi connectivity index (χ3v) is 7.41. The van der Waals surface area contributed by atoms with Crippen LogP contribution in [0.4, 0.5) is 5.69 Å². The number of amides is 1. The minimum Gasteiger partial charge on any atom is -0.474 e. The first-order valence-corrected chi connectivity index (χ1v) is 12.6. The summed E-state index contributed by atoms with van der Waals surface area (Å²) < 4.78 is 37.1. The standard InChI is InChI=1S/C24H23ClN2O5S/c1-14-3-5-17(15(2)11-14)22(19-7-8-21(25)32-19)26-23(28)24(9-10-24)16-4-6-18-20(12-16)31-13-33(29,30)27-18/h3-8,11-12,22,27H,9-10,13H2,1-2H3,(H,26,28). The van der Waals surface area contributed by atoms with Crippen LogP contribution in [0.1, 0.15) is 46.9 Å². The molecule has 1 aliphatic heterocycles. The number of hydrogen-bond acceptors (Lipinski definition) is 5. The Kier molecular flexibility index (Phi) is 5.17. The summed E-state index contributed by atoms with van der Waals surface area (Å²) >= 11 is 6.04. The number of furan rings is 1. The zero-order valence-corrected chi connectivity index (χ0v) is 19.7. The number of hydrogen-bond donors (Lipinski definition) is 2. The molecule has 7 nitrogen and oxygen atoms in total. The number of nitrogens with one attached hydrogen (secondary N) is 2. The zero-order chi connectivity index (χ0) is 23.4. The van der Waals surface area contributed by atoms with E-state index in [0.717, 1.165) is 22.3 Å². The fraction of sp³-hybridized carbons (Fsp3) is 0.292. The number of sulfonamides is 1. The van der Waals surface area contributed by atoms with Gasteiger partial charge < -0.3 is 14.5 Å². The van der Waals surface area contributed by atoms with Crippen molar-refractivity contribution < 1.29 is 22.4 Å². The van der Waals surface area contributed by atoms with E-state index in [4.69, 9.17) is 20.8 Å². The van der Waals surface area contributed by atoms with Gasteiger partial charge in [-0.1, -0.05) is 29.8 Å². The molecule has 2 aromatic carbocycles. The van der Waals surface area contributed by atoms with Gasteiger partial charge in [-0.2, -0.15) is 0 Å². The number of benzene rings is 2. The van der Waals surface area contributed by atoms with Crippen LogP contribution in [0.25, 0.3) is 0 Å². The van der Waals surface area contributed by atoms with E-state index in [1.807, 2.05) is 26.0 Å². The van der Waals surface area contributed by atoms with Gasteiger partial charge in [0.05, 0.1) is 11.1 Å². The fourth-order valence-corrected chi connectivity index (χ4v) is 5.33. The average molecular weight is 487 g/mol. The number of halogens is 1. The van der Waals surface area contributed by atoms with Gasteiger partial charge in [0.15, 0.2) is 5.22 Å². The maximum Gasteiger partial charge on any atom is 0.268 e. The Hall–Kier alpha value is -2.97. The minimum absolute atomic E-state index is 0.128. The molecule has 2 N–H and O–H groups in total. The maximum atomic E-state index is 13.6. The van der Waals surface area contributed by atoms with Gasteiger partial charge in [-0.3, -0.25) is 9.52 Å². The van der Waals surface area contributed by atoms with Crippen LogP contribution in [0.5, 0.6) is 5.75 Å². The fourth-order valence-electron chi connectivity index (χ4n) is 4.34. The van der Waals surface area contributed by atoms with Gasteiger partial charge >= 0.3 is 0 Å². The number of fused-ring (bicyclic) bond motifs is 1. The SMILES string of the molecule is Cc1ccc(C(NC(=O)C2(c3ccc4c(c3)OCS(=O)(=O)N4)CC2)c2ccc(Cl)o2)c(C)c1. The minimum atomic E-state index is -3.50. The first kappa shape index (κ1) is 21.9. The number of carbonyl (C=O) groups is 1. The van der Waals surface area contributed by atoms with Gasteiger partial charge in [-0.05, 0) is 79.2 Å². The molecule has 1 saturated carbocycles. The highest BCUT2D eigenvalue weighted by Gasteiger charge is 2.52. The van der Waals surface area contributed by atoms with Crippen molar-refractivity contribution in [2.24, 2.45) is 0 Å². The van der Waals surface area contributed by atoms with E-state index in [-0.39, 0.29) is 11.1 Å². The predicted molar refractivity (Wildman–Crippen MR) is 125 cm³/mol. The average Bonchev–Trinajstić information content (AvgIpc) is 3.46. The van der Waals surface area contributed by atoms with Crippen molar-refractivity contribution in [3.8, 4) is 5.75 Å². The van der Waals surface area contributed by atoms with Crippen LogP contribution in [0.3, 0.4) is 0 Å². The molecule has 3 aromatic rings. The van der Waals surface area contributed by atoms with Crippen molar-refractivity contribution in [3.63, 3.8) is 0 Å². The number of anilines is 1. The molecular formula is C24H23ClN2O5S. The Labute approximate surface area is 197 Å². The lowest BCUT2D eigenvalue weighted by Crippen LogP contribution is -2.38. The van der Waals surface area contributed by atoms with Crippen molar-refractivity contribution in [3.05, 3.63) is 81.8 Å². The van der Waals surface area contributed by atoms with Crippen LogP contribution in [-0.4, -0.2) is 20.3 Å². The molecule has 0 bridgehead atoms. The van der Waals surface area contributed by atoms with Crippen molar-refractivity contribution in [1.82, 2.24) is 5.32 Å². The van der Waals surface area contributed by atoms with E-state index >= 15 is 0 Å². The van der Waals surface area contributed by atoms with E-state index < -0.39 is 27.4 Å². The summed E-state index contributed by atoms with van der Waals surface area (Å²) in [4.78, 5) is 13.6. The molecule has 1 aromatic heterocycles. The van der Waals surface area contributed by atoms with Gasteiger partial charge in [0.2, 0.25) is 11.8 Å². The van der Waals surface area contributed by atoms with Crippen LogP contribution in [0, 0.1) is 13.8 Å². The number of aryl methyl sites for hydroxylation is 2. The Morgan fingerprint density at radius 1 is 1.12 bits per heavy atom. The summed E-state index contributed by atoms with van der Waals surface area (Å²) in [6.07, 6.45) is 1.36. The molecule has 9 heteroatoms. The van der Waals surface area contributed by atoms with Gasteiger partial charge in [0.1, 0.15) is 17.6 Å². The van der Waals surface area contributed by atoms with Crippen LogP contribution >= 0.6 is 11.6 Å². The highest BCUT2D eigenvalue weighted by Crippen LogP contribution is 2.50. The molecule has 0 spiro atoms. The lowest BCUT2D eigenvalue weighted by molar-refractivity contribution is -0.124. The zero-order valence-electron chi connectivity index (χ0n) is 18.1. The first-order valence-electron chi connectivity index (χ1n) is 10.6. The molecule has 0 radical (unpaired) electrons. The largest absolute Gasteiger partial charge is 0.474 e. The third kappa shape index (κ3) is 4.09. The molecule has 172 valence electrons. The lowest BCUT2D eigenvalue weighted by atomic mass is 9.92. The second-order valence-electron chi connectivity index (χ2n) is 8.68. The Bertz CT molecular complexity index is 1360. The lowest BCUT2D eigenvalue weighted by Gasteiger charge is -2.25. The first-order chi connectivity index (χ1) is 15.7. The molecule has 2 heterocycles. The monoisotopic (exact) mass is 486 g/mol. The Morgan fingerprint density at radius 3 is 2.58 bits per heavy atom. The number of carbonyl (C=O) groups excluding carboxylic acids is 1. The second-order valence-corrected chi connectivity index (χ2v) is 10.7. The molecule has 1 fully saturated rings. The summed E-state index contributed by atoms with van der Waals surface area (Å²) in [5, 5.41) is 3.43. The topological polar surface area (TPSA) is 97.6 Å². The third-order valence-electron chi connectivity index (χ3n) is 6.24. The van der Waals surface area contributed by atoms with E-state index in [9.17, 15) is 13.2 Å². The molecule has 1 atom stereocenters. The number of ether oxygens (including phenoxy) is 1. The summed E-state index contributed by atoms with van der Waals surface area (Å²) in [7, 11) is -3.50. The van der Waals surface area contributed by atoms with E-state index in [2.05, 4.69) is 16.1 Å². The van der Waals surface area contributed by atoms with Crippen LogP contribution in [-0.2, 0) is 20.2 Å². The summed E-state index contributed by atoms with van der Waals surface area (Å²) in [5.74, 6) is 0.400. The predicted octanol–water partition coefficient (Wildman–Crippen LogP) is 4.58. The van der Waals surface area contributed by atoms with E-state index in [1.165, 1.54) is 0 Å². The second kappa shape index (κ2) is 7.81.